The van der Waals surface area contributed by atoms with Crippen LogP contribution < -0.4 is 0 Å². The first kappa shape index (κ1) is 23.5. The van der Waals surface area contributed by atoms with Crippen molar-refractivity contribution in [1.29, 1.82) is 0 Å². The number of aliphatic hydroxyl groups excluding tert-OH is 2. The predicted octanol–water partition coefficient (Wildman–Crippen LogP) is 4.37. The van der Waals surface area contributed by atoms with Crippen molar-refractivity contribution >= 4 is 26.7 Å². The molecular weight excluding hydrogens is 412 g/mol. The molecule has 0 unspecified atom stereocenters. The van der Waals surface area contributed by atoms with Crippen molar-refractivity contribution in [3.05, 3.63) is 58.7 Å². The third-order valence-electron chi connectivity index (χ3n) is 6.12. The molecule has 5 nitrogen and oxygen atoms in total. The Labute approximate surface area is 184 Å². The Balaban J connectivity index is 1.85. The Morgan fingerprint density at radius 2 is 1.84 bits per heavy atom. The van der Waals surface area contributed by atoms with E-state index in [2.05, 4.69) is 13.0 Å². The lowest BCUT2D eigenvalue weighted by Gasteiger charge is -2.19. The van der Waals surface area contributed by atoms with Gasteiger partial charge in [-0.2, -0.15) is 0 Å². The van der Waals surface area contributed by atoms with Gasteiger partial charge in [-0.25, -0.2) is 8.42 Å². The standard InChI is InChI=1S/C25H32O5S/c1-3-7-17(14-19-11-13-22(27)21-9-6-5-8-20(19)21)10-12-23(28)25-18(4-2)16-31(29,30)24(25)15-26/h5-6,8-9,11,13-14,23-24,26-28H,3-4,7,10,12,15-16H2,1-2H3/b17-14+/t23-,24+/m1/s1. The molecule has 1 aliphatic heterocycles. The third kappa shape index (κ3) is 5.03. The molecule has 168 valence electrons. The summed E-state index contributed by atoms with van der Waals surface area (Å²) in [6, 6.07) is 11.3. The van der Waals surface area contributed by atoms with Crippen LogP contribution >= 0.6 is 0 Å². The highest BCUT2D eigenvalue weighted by Gasteiger charge is 2.40. The van der Waals surface area contributed by atoms with Crippen LogP contribution in [0.2, 0.25) is 0 Å². The van der Waals surface area contributed by atoms with Crippen LogP contribution in [0.5, 0.6) is 5.75 Å². The van der Waals surface area contributed by atoms with Crippen molar-refractivity contribution in [2.45, 2.75) is 57.3 Å². The van der Waals surface area contributed by atoms with Crippen molar-refractivity contribution in [1.82, 2.24) is 0 Å². The summed E-state index contributed by atoms with van der Waals surface area (Å²) in [7, 11) is -3.44. The fourth-order valence-electron chi connectivity index (χ4n) is 4.54. The van der Waals surface area contributed by atoms with Crippen LogP contribution in [0.15, 0.2) is 53.1 Å². The second-order valence-electron chi connectivity index (χ2n) is 8.22. The average Bonchev–Trinajstić information content (AvgIpc) is 3.03. The highest BCUT2D eigenvalue weighted by Crippen LogP contribution is 2.34. The zero-order valence-electron chi connectivity index (χ0n) is 18.2. The quantitative estimate of drug-likeness (QED) is 0.500. The molecule has 2 aromatic rings. The van der Waals surface area contributed by atoms with Crippen molar-refractivity contribution < 1.29 is 23.7 Å². The van der Waals surface area contributed by atoms with E-state index in [0.29, 0.717) is 24.8 Å². The molecule has 3 rings (SSSR count). The van der Waals surface area contributed by atoms with Gasteiger partial charge in [-0.15, -0.1) is 0 Å². The van der Waals surface area contributed by atoms with Crippen LogP contribution in [0, 0.1) is 0 Å². The molecule has 0 fully saturated rings. The predicted molar refractivity (Wildman–Crippen MR) is 126 cm³/mol. The van der Waals surface area contributed by atoms with Crippen LogP contribution in [-0.4, -0.2) is 47.5 Å². The summed E-state index contributed by atoms with van der Waals surface area (Å²) in [5.74, 6) is 0.176. The lowest BCUT2D eigenvalue weighted by atomic mass is 9.92. The molecule has 2 atom stereocenters. The minimum atomic E-state index is -3.44. The maximum atomic E-state index is 12.4. The zero-order valence-corrected chi connectivity index (χ0v) is 19.0. The number of phenols is 1. The number of aromatic hydroxyl groups is 1. The third-order valence-corrected chi connectivity index (χ3v) is 8.14. The van der Waals surface area contributed by atoms with Gasteiger partial charge in [-0.05, 0) is 48.3 Å². The summed E-state index contributed by atoms with van der Waals surface area (Å²) in [5.41, 5.74) is 3.40. The number of aliphatic hydroxyl groups is 2. The number of rotatable bonds is 9. The van der Waals surface area contributed by atoms with Crippen LogP contribution in [0.1, 0.15) is 51.5 Å². The zero-order chi connectivity index (χ0) is 22.6. The first-order valence-electron chi connectivity index (χ1n) is 10.9. The smallest absolute Gasteiger partial charge is 0.163 e. The summed E-state index contributed by atoms with van der Waals surface area (Å²) in [6.45, 7) is 3.49. The van der Waals surface area contributed by atoms with Crippen LogP contribution in [-0.2, 0) is 9.84 Å². The summed E-state index contributed by atoms with van der Waals surface area (Å²) >= 11 is 0. The number of benzene rings is 2. The molecule has 3 N–H and O–H groups in total. The van der Waals surface area contributed by atoms with Crippen LogP contribution in [0.25, 0.3) is 16.8 Å². The van der Waals surface area contributed by atoms with E-state index < -0.39 is 27.8 Å². The maximum absolute atomic E-state index is 12.4. The maximum Gasteiger partial charge on any atom is 0.163 e. The van der Waals surface area contributed by atoms with Gasteiger partial charge in [0.15, 0.2) is 9.84 Å². The van der Waals surface area contributed by atoms with Crippen LogP contribution in [0.4, 0.5) is 0 Å². The molecule has 0 aromatic heterocycles. The Hall–Kier alpha value is -2.15. The summed E-state index contributed by atoms with van der Waals surface area (Å²) in [4.78, 5) is 0. The molecular formula is C25H32O5S. The van der Waals surface area contributed by atoms with Gasteiger partial charge in [0.1, 0.15) is 11.0 Å². The van der Waals surface area contributed by atoms with E-state index >= 15 is 0 Å². The lowest BCUT2D eigenvalue weighted by Crippen LogP contribution is -2.29. The highest BCUT2D eigenvalue weighted by atomic mass is 32.2. The Morgan fingerprint density at radius 3 is 2.48 bits per heavy atom. The Bertz CT molecular complexity index is 1100. The van der Waals surface area contributed by atoms with Crippen molar-refractivity contribution in [2.75, 3.05) is 12.4 Å². The summed E-state index contributed by atoms with van der Waals surface area (Å²) in [6.07, 6.45) is 4.63. The molecule has 0 aliphatic carbocycles. The molecule has 31 heavy (non-hydrogen) atoms. The molecule has 2 aromatic carbocycles. The second-order valence-corrected chi connectivity index (χ2v) is 10.4. The van der Waals surface area contributed by atoms with Gasteiger partial charge in [0.25, 0.3) is 0 Å². The molecule has 0 amide bonds. The Morgan fingerprint density at radius 1 is 1.13 bits per heavy atom. The summed E-state index contributed by atoms with van der Waals surface area (Å²) < 4.78 is 24.7. The largest absolute Gasteiger partial charge is 0.507 e. The van der Waals surface area contributed by atoms with Gasteiger partial charge < -0.3 is 15.3 Å². The van der Waals surface area contributed by atoms with Gasteiger partial charge in [0.05, 0.1) is 18.5 Å². The van der Waals surface area contributed by atoms with Crippen molar-refractivity contribution in [3.8, 4) is 5.75 Å². The first-order valence-corrected chi connectivity index (χ1v) is 12.7. The fourth-order valence-corrected chi connectivity index (χ4v) is 6.53. The fraction of sp³-hybridized carbons (Fsp3) is 0.440. The normalized spacial score (nSPS) is 19.9. The number of allylic oxidation sites excluding steroid dienone is 1. The molecule has 0 saturated carbocycles. The molecule has 0 saturated heterocycles. The van der Waals surface area contributed by atoms with E-state index in [1.165, 1.54) is 0 Å². The second kappa shape index (κ2) is 9.98. The average molecular weight is 445 g/mol. The van der Waals surface area contributed by atoms with E-state index in [4.69, 9.17) is 0 Å². The van der Waals surface area contributed by atoms with E-state index in [9.17, 15) is 23.7 Å². The molecule has 6 heteroatoms. The first-order chi connectivity index (χ1) is 14.8. The van der Waals surface area contributed by atoms with E-state index in [0.717, 1.165) is 40.3 Å². The molecule has 0 radical (unpaired) electrons. The van der Waals surface area contributed by atoms with E-state index in [1.807, 2.05) is 37.3 Å². The molecule has 1 heterocycles. The number of sulfone groups is 1. The van der Waals surface area contributed by atoms with Gasteiger partial charge >= 0.3 is 0 Å². The number of fused-ring (bicyclic) bond motifs is 1. The monoisotopic (exact) mass is 444 g/mol. The van der Waals surface area contributed by atoms with Gasteiger partial charge in [-0.1, -0.05) is 67.8 Å². The number of phenolic OH excluding ortho intramolecular Hbond substituents is 1. The van der Waals surface area contributed by atoms with Crippen molar-refractivity contribution in [2.24, 2.45) is 0 Å². The topological polar surface area (TPSA) is 94.8 Å². The molecule has 0 bridgehead atoms. The minimum Gasteiger partial charge on any atom is -0.507 e. The number of hydrogen-bond acceptors (Lipinski definition) is 5. The van der Waals surface area contributed by atoms with E-state index in [-0.39, 0.29) is 11.5 Å². The minimum absolute atomic E-state index is 0.0712. The highest BCUT2D eigenvalue weighted by molar-refractivity contribution is 7.92. The van der Waals surface area contributed by atoms with Gasteiger partial charge in [0, 0.05) is 5.39 Å². The summed E-state index contributed by atoms with van der Waals surface area (Å²) in [5, 5.41) is 31.5. The van der Waals surface area contributed by atoms with E-state index in [1.54, 1.807) is 6.07 Å². The van der Waals surface area contributed by atoms with Crippen molar-refractivity contribution in [3.63, 3.8) is 0 Å². The van der Waals surface area contributed by atoms with Gasteiger partial charge in [0.2, 0.25) is 0 Å². The van der Waals surface area contributed by atoms with Crippen LogP contribution in [0.3, 0.4) is 0 Å². The van der Waals surface area contributed by atoms with Gasteiger partial charge in [-0.3, -0.25) is 0 Å². The molecule has 1 aliphatic rings. The Kier molecular flexibility index (Phi) is 7.57. The number of hydrogen-bond donors (Lipinski definition) is 3. The lowest BCUT2D eigenvalue weighted by molar-refractivity contribution is 0.188. The SMILES string of the molecule is CCC/C(=C\c1ccc(O)c2ccccc12)CC[C@@H](O)C1=C(CC)CS(=O)(=O)[C@H]1CO. The molecule has 0 spiro atoms.